The van der Waals surface area contributed by atoms with Crippen LogP contribution < -0.4 is 4.90 Å². The Bertz CT molecular complexity index is 732. The van der Waals surface area contributed by atoms with Crippen molar-refractivity contribution in [1.82, 2.24) is 14.5 Å². The predicted molar refractivity (Wildman–Crippen MR) is 86.1 cm³/mol. The highest BCUT2D eigenvalue weighted by Gasteiger charge is 2.22. The van der Waals surface area contributed by atoms with Crippen molar-refractivity contribution in [2.24, 2.45) is 0 Å². The number of H-pyrrole nitrogens is 1. The molecule has 1 aromatic heterocycles. The van der Waals surface area contributed by atoms with Crippen molar-refractivity contribution in [2.45, 2.75) is 0 Å². The molecular weight excluding hydrogens is 296 g/mol. The van der Waals surface area contributed by atoms with Crippen LogP contribution >= 0.6 is 11.6 Å². The molecule has 108 valence electrons. The number of halogens is 1. The van der Waals surface area contributed by atoms with Crippen molar-refractivity contribution in [2.75, 3.05) is 37.3 Å². The van der Waals surface area contributed by atoms with Crippen LogP contribution in [0, 0.1) is 0 Å². The molecule has 2 heterocycles. The number of aromatic nitrogens is 2. The third-order valence-electron chi connectivity index (χ3n) is 3.63. The van der Waals surface area contributed by atoms with E-state index < -0.39 is 9.71 Å². The van der Waals surface area contributed by atoms with Crippen molar-refractivity contribution >= 4 is 43.8 Å². The van der Waals surface area contributed by atoms with Gasteiger partial charge in [0, 0.05) is 58.2 Å². The fourth-order valence-electron chi connectivity index (χ4n) is 2.58. The van der Waals surface area contributed by atoms with E-state index in [1.165, 1.54) is 0 Å². The summed E-state index contributed by atoms with van der Waals surface area (Å²) in [5, 5.41) is 8.78. The summed E-state index contributed by atoms with van der Waals surface area (Å²) in [4.78, 5) is 2.26. The van der Waals surface area contributed by atoms with Gasteiger partial charge >= 0.3 is 0 Å². The first-order valence-corrected chi connectivity index (χ1v) is 8.87. The van der Waals surface area contributed by atoms with E-state index in [9.17, 15) is 4.21 Å². The lowest BCUT2D eigenvalue weighted by Gasteiger charge is -2.36. The summed E-state index contributed by atoms with van der Waals surface area (Å²) < 4.78 is 13.9. The number of hydrogen-bond donors (Lipinski definition) is 1. The van der Waals surface area contributed by atoms with Crippen LogP contribution in [0.1, 0.15) is 0 Å². The number of fused-ring (bicyclic) bond motifs is 1. The van der Waals surface area contributed by atoms with Gasteiger partial charge < -0.3 is 4.90 Å². The number of benzene rings is 1. The highest BCUT2D eigenvalue weighted by atomic mass is 35.5. The van der Waals surface area contributed by atoms with Gasteiger partial charge in [-0.2, -0.15) is 5.10 Å². The van der Waals surface area contributed by atoms with Crippen LogP contribution in [0.5, 0.6) is 0 Å². The highest BCUT2D eigenvalue weighted by molar-refractivity contribution is 7.97. The Morgan fingerprint density at radius 1 is 1.35 bits per heavy atom. The van der Waals surface area contributed by atoms with Gasteiger partial charge in [0.05, 0.1) is 11.7 Å². The fourth-order valence-corrected chi connectivity index (χ4v) is 3.72. The molecule has 0 aliphatic carbocycles. The lowest BCUT2D eigenvalue weighted by Crippen LogP contribution is -2.48. The Labute approximate surface area is 123 Å². The smallest absolute Gasteiger partial charge is 0.0686 e. The van der Waals surface area contributed by atoms with Crippen LogP contribution in [-0.4, -0.2) is 57.0 Å². The number of nitrogens with one attached hydrogen (secondary N) is 1. The van der Waals surface area contributed by atoms with Gasteiger partial charge in [-0.25, -0.2) is 4.31 Å². The summed E-state index contributed by atoms with van der Waals surface area (Å²) >= 11 is 6.16. The number of rotatable bonds is 2. The second-order valence-electron chi connectivity index (χ2n) is 5.13. The van der Waals surface area contributed by atoms with Crippen LogP contribution in [0.25, 0.3) is 10.9 Å². The molecule has 1 aromatic carbocycles. The van der Waals surface area contributed by atoms with E-state index in [0.29, 0.717) is 5.02 Å². The maximum Gasteiger partial charge on any atom is 0.0686 e. The van der Waals surface area contributed by atoms with E-state index in [2.05, 4.69) is 21.0 Å². The molecule has 0 saturated carbocycles. The first-order chi connectivity index (χ1) is 9.45. The third-order valence-corrected chi connectivity index (χ3v) is 5.30. The normalized spacial score (nSPS) is 20.2. The molecule has 20 heavy (non-hydrogen) atoms. The van der Waals surface area contributed by atoms with Crippen LogP contribution in [0.15, 0.2) is 18.3 Å². The van der Waals surface area contributed by atoms with Gasteiger partial charge in [-0.3, -0.25) is 9.31 Å². The molecule has 1 aliphatic heterocycles. The minimum absolute atomic E-state index is 0.690. The number of hydrogen-bond acceptors (Lipinski definition) is 3. The van der Waals surface area contributed by atoms with Crippen molar-refractivity contribution < 1.29 is 4.21 Å². The van der Waals surface area contributed by atoms with E-state index in [4.69, 9.17) is 11.6 Å². The zero-order valence-electron chi connectivity index (χ0n) is 11.3. The molecule has 7 heteroatoms. The van der Waals surface area contributed by atoms with Crippen molar-refractivity contribution in [1.29, 1.82) is 0 Å². The maximum absolute atomic E-state index is 12.0. The van der Waals surface area contributed by atoms with Crippen LogP contribution in [-0.2, 0) is 9.71 Å². The molecule has 0 amide bonds. The highest BCUT2D eigenvalue weighted by Crippen LogP contribution is 2.30. The molecule has 1 N–H and O–H groups in total. The molecule has 1 fully saturated rings. The van der Waals surface area contributed by atoms with Crippen LogP contribution in [0.4, 0.5) is 5.69 Å². The standard InChI is InChI=1S/C13H17ClN4OS/c1-20(2,19)18-5-3-17(4-6-18)13-8-10(14)7-12-11(13)9-15-16-12/h7-9H,1,3-6H2,2H3,(H,15,16). The van der Waals surface area contributed by atoms with E-state index in [-0.39, 0.29) is 0 Å². The van der Waals surface area contributed by atoms with Gasteiger partial charge in [0.2, 0.25) is 0 Å². The minimum atomic E-state index is -2.11. The number of anilines is 1. The largest absolute Gasteiger partial charge is 0.368 e. The summed E-state index contributed by atoms with van der Waals surface area (Å²) in [7, 11) is -2.11. The van der Waals surface area contributed by atoms with Gasteiger partial charge in [0.15, 0.2) is 0 Å². The first kappa shape index (κ1) is 13.7. The molecule has 2 aromatic rings. The number of aromatic amines is 1. The molecule has 1 atom stereocenters. The predicted octanol–water partition coefficient (Wildman–Crippen LogP) is 1.60. The minimum Gasteiger partial charge on any atom is -0.368 e. The number of nitrogens with zero attached hydrogens (tertiary/aromatic N) is 3. The average molecular weight is 313 g/mol. The Morgan fingerprint density at radius 3 is 2.70 bits per heavy atom. The lowest BCUT2D eigenvalue weighted by molar-refractivity contribution is 0.411. The molecular formula is C13H17ClN4OS. The third kappa shape index (κ3) is 2.51. The molecule has 1 saturated heterocycles. The molecule has 0 spiro atoms. The van der Waals surface area contributed by atoms with Gasteiger partial charge in [-0.05, 0) is 18.0 Å². The molecule has 5 nitrogen and oxygen atoms in total. The van der Waals surface area contributed by atoms with Crippen LogP contribution in [0.3, 0.4) is 0 Å². The Balaban J connectivity index is 1.89. The summed E-state index contributed by atoms with van der Waals surface area (Å²) in [6.07, 6.45) is 3.51. The summed E-state index contributed by atoms with van der Waals surface area (Å²) in [5.41, 5.74) is 2.01. The topological polar surface area (TPSA) is 52.2 Å². The van der Waals surface area contributed by atoms with Crippen molar-refractivity contribution in [3.8, 4) is 0 Å². The second kappa shape index (κ2) is 4.95. The monoisotopic (exact) mass is 312 g/mol. The molecule has 1 unspecified atom stereocenters. The molecule has 0 bridgehead atoms. The molecule has 1 aliphatic rings. The SMILES string of the molecule is C=S(C)(=O)N1CCN(c2cc(Cl)cc3[nH]ncc23)CC1. The summed E-state index contributed by atoms with van der Waals surface area (Å²) in [6, 6.07) is 3.83. The lowest BCUT2D eigenvalue weighted by atomic mass is 10.2. The average Bonchev–Trinajstić information content (AvgIpc) is 2.85. The molecule has 0 radical (unpaired) electrons. The number of piperazine rings is 1. The quantitative estimate of drug-likeness (QED) is 0.857. The van der Waals surface area contributed by atoms with Gasteiger partial charge in [-0.1, -0.05) is 11.6 Å². The Morgan fingerprint density at radius 2 is 2.05 bits per heavy atom. The van der Waals surface area contributed by atoms with Crippen molar-refractivity contribution in [3.05, 3.63) is 23.4 Å². The summed E-state index contributed by atoms with van der Waals surface area (Å²) in [5.74, 6) is 3.75. The fraction of sp³-hybridized carbons (Fsp3) is 0.385. The van der Waals surface area contributed by atoms with E-state index in [0.717, 1.165) is 42.8 Å². The Kier molecular flexibility index (Phi) is 3.40. The van der Waals surface area contributed by atoms with Gasteiger partial charge in [0.1, 0.15) is 0 Å². The van der Waals surface area contributed by atoms with Gasteiger partial charge in [0.25, 0.3) is 0 Å². The zero-order chi connectivity index (χ0) is 14.3. The van der Waals surface area contributed by atoms with Gasteiger partial charge in [-0.15, -0.1) is 0 Å². The van der Waals surface area contributed by atoms with E-state index in [1.807, 2.05) is 22.6 Å². The van der Waals surface area contributed by atoms with E-state index in [1.54, 1.807) is 6.26 Å². The van der Waals surface area contributed by atoms with E-state index >= 15 is 0 Å². The Hall–Kier alpha value is -1.24. The first-order valence-electron chi connectivity index (χ1n) is 6.40. The second-order valence-corrected chi connectivity index (χ2v) is 8.00. The maximum atomic E-state index is 12.0. The summed E-state index contributed by atoms with van der Waals surface area (Å²) in [6.45, 7) is 3.09. The van der Waals surface area contributed by atoms with Crippen LogP contribution in [0.2, 0.25) is 5.02 Å². The zero-order valence-corrected chi connectivity index (χ0v) is 12.9. The molecule has 3 rings (SSSR count). The van der Waals surface area contributed by atoms with Crippen molar-refractivity contribution in [3.63, 3.8) is 0 Å².